The minimum Gasteiger partial charge on any atom is -0.507 e. The van der Waals surface area contributed by atoms with Gasteiger partial charge in [0.1, 0.15) is 10.6 Å². The second-order valence-electron chi connectivity index (χ2n) is 4.18. The van der Waals surface area contributed by atoms with Crippen LogP contribution in [-0.4, -0.2) is 56.0 Å². The van der Waals surface area contributed by atoms with Crippen molar-refractivity contribution in [2.75, 3.05) is 33.2 Å². The summed E-state index contributed by atoms with van der Waals surface area (Å²) in [5, 5.41) is 9.61. The molecule has 1 aromatic rings. The standard InChI is InChI=1S/C11H16N2O3S/c1-12-6-8-13(9-7-12)17(15,16)11-5-3-2-4-10(11)14/h2-5,14H,6-9H2,1H3. The van der Waals surface area contributed by atoms with Gasteiger partial charge in [-0.2, -0.15) is 4.31 Å². The quantitative estimate of drug-likeness (QED) is 0.828. The predicted molar refractivity (Wildman–Crippen MR) is 64.4 cm³/mol. The van der Waals surface area contributed by atoms with E-state index in [-0.39, 0.29) is 10.6 Å². The Labute approximate surface area is 101 Å². The van der Waals surface area contributed by atoms with Crippen LogP contribution < -0.4 is 0 Å². The number of nitrogens with zero attached hydrogens (tertiary/aromatic N) is 2. The van der Waals surface area contributed by atoms with Crippen molar-refractivity contribution in [1.29, 1.82) is 0 Å². The predicted octanol–water partition coefficient (Wildman–Crippen LogP) is 0.328. The van der Waals surface area contributed by atoms with E-state index >= 15 is 0 Å². The Balaban J connectivity index is 2.28. The Morgan fingerprint density at radius 2 is 1.71 bits per heavy atom. The van der Waals surface area contributed by atoms with E-state index in [0.29, 0.717) is 26.2 Å². The number of phenolic OH excluding ortho intramolecular Hbond substituents is 1. The van der Waals surface area contributed by atoms with Crippen LogP contribution in [0.3, 0.4) is 0 Å². The first-order valence-electron chi connectivity index (χ1n) is 5.48. The van der Waals surface area contributed by atoms with Crippen molar-refractivity contribution in [2.45, 2.75) is 4.90 Å². The molecule has 2 rings (SSSR count). The molecule has 17 heavy (non-hydrogen) atoms. The van der Waals surface area contributed by atoms with Crippen LogP contribution in [0.1, 0.15) is 0 Å². The summed E-state index contributed by atoms with van der Waals surface area (Å²) in [4.78, 5) is 2.07. The molecule has 1 aromatic carbocycles. The highest BCUT2D eigenvalue weighted by atomic mass is 32.2. The minimum atomic E-state index is -3.56. The first-order chi connectivity index (χ1) is 8.01. The molecule has 0 spiro atoms. The third-order valence-corrected chi connectivity index (χ3v) is 4.89. The summed E-state index contributed by atoms with van der Waals surface area (Å²) in [5.74, 6) is -0.188. The summed E-state index contributed by atoms with van der Waals surface area (Å²) in [6.45, 7) is 2.36. The Hall–Kier alpha value is -1.11. The molecule has 1 fully saturated rings. The largest absolute Gasteiger partial charge is 0.507 e. The van der Waals surface area contributed by atoms with Crippen LogP contribution >= 0.6 is 0 Å². The summed E-state index contributed by atoms with van der Waals surface area (Å²) in [6.07, 6.45) is 0. The van der Waals surface area contributed by atoms with Crippen LogP contribution in [0.15, 0.2) is 29.2 Å². The molecular formula is C11H16N2O3S. The second-order valence-corrected chi connectivity index (χ2v) is 6.08. The summed E-state index contributed by atoms with van der Waals surface area (Å²) in [6, 6.07) is 6.05. The Kier molecular flexibility index (Phi) is 3.37. The zero-order chi connectivity index (χ0) is 12.5. The Morgan fingerprint density at radius 3 is 2.29 bits per heavy atom. The zero-order valence-corrected chi connectivity index (χ0v) is 10.5. The number of sulfonamides is 1. The molecule has 1 saturated heterocycles. The molecule has 0 atom stereocenters. The van der Waals surface area contributed by atoms with Gasteiger partial charge in [-0.05, 0) is 19.2 Å². The van der Waals surface area contributed by atoms with Gasteiger partial charge in [0.05, 0.1) is 0 Å². The lowest BCUT2D eigenvalue weighted by Crippen LogP contribution is -2.47. The van der Waals surface area contributed by atoms with Crippen LogP contribution in [0.2, 0.25) is 0 Å². The molecule has 1 heterocycles. The van der Waals surface area contributed by atoms with Crippen LogP contribution in [0.4, 0.5) is 0 Å². The number of piperazine rings is 1. The van der Waals surface area contributed by atoms with Gasteiger partial charge in [0.25, 0.3) is 0 Å². The number of hydrogen-bond acceptors (Lipinski definition) is 4. The van der Waals surface area contributed by atoms with Gasteiger partial charge in [-0.1, -0.05) is 12.1 Å². The number of phenols is 1. The molecule has 0 saturated carbocycles. The van der Waals surface area contributed by atoms with E-state index in [9.17, 15) is 13.5 Å². The van der Waals surface area contributed by atoms with Crippen LogP contribution in [0.25, 0.3) is 0 Å². The molecule has 0 aliphatic carbocycles. The van der Waals surface area contributed by atoms with Crippen molar-refractivity contribution in [1.82, 2.24) is 9.21 Å². The van der Waals surface area contributed by atoms with E-state index in [1.165, 1.54) is 16.4 Å². The van der Waals surface area contributed by atoms with Crippen molar-refractivity contribution < 1.29 is 13.5 Å². The molecule has 1 aliphatic rings. The van der Waals surface area contributed by atoms with E-state index in [0.717, 1.165) is 0 Å². The highest BCUT2D eigenvalue weighted by molar-refractivity contribution is 7.89. The maximum absolute atomic E-state index is 12.3. The number of benzene rings is 1. The van der Waals surface area contributed by atoms with Crippen molar-refractivity contribution >= 4 is 10.0 Å². The van der Waals surface area contributed by atoms with Gasteiger partial charge in [0, 0.05) is 26.2 Å². The fraction of sp³-hybridized carbons (Fsp3) is 0.455. The molecule has 0 amide bonds. The molecule has 6 heteroatoms. The van der Waals surface area contributed by atoms with Crippen LogP contribution in [-0.2, 0) is 10.0 Å². The van der Waals surface area contributed by atoms with E-state index in [2.05, 4.69) is 4.90 Å². The maximum Gasteiger partial charge on any atom is 0.246 e. The SMILES string of the molecule is CN1CCN(S(=O)(=O)c2ccccc2O)CC1. The lowest BCUT2D eigenvalue weighted by Gasteiger charge is -2.31. The Bertz CT molecular complexity index is 493. The first-order valence-corrected chi connectivity index (χ1v) is 6.92. The van der Waals surface area contributed by atoms with Crippen molar-refractivity contribution in [2.24, 2.45) is 0 Å². The smallest absolute Gasteiger partial charge is 0.246 e. The van der Waals surface area contributed by atoms with Crippen LogP contribution in [0.5, 0.6) is 5.75 Å². The number of para-hydroxylation sites is 1. The van der Waals surface area contributed by atoms with Gasteiger partial charge in [0.15, 0.2) is 0 Å². The first kappa shape index (κ1) is 12.3. The average Bonchev–Trinajstić information content (AvgIpc) is 2.30. The molecule has 94 valence electrons. The fourth-order valence-corrected chi connectivity index (χ4v) is 3.35. The summed E-state index contributed by atoms with van der Waals surface area (Å²) < 4.78 is 25.9. The number of aromatic hydroxyl groups is 1. The van der Waals surface area contributed by atoms with Gasteiger partial charge in [-0.3, -0.25) is 0 Å². The van der Waals surface area contributed by atoms with Crippen LogP contribution in [0, 0.1) is 0 Å². The molecule has 0 aromatic heterocycles. The highest BCUT2D eigenvalue weighted by Gasteiger charge is 2.29. The number of rotatable bonds is 2. The number of likely N-dealkylation sites (N-methyl/N-ethyl adjacent to an activating group) is 1. The summed E-state index contributed by atoms with van der Waals surface area (Å²) >= 11 is 0. The Morgan fingerprint density at radius 1 is 1.12 bits per heavy atom. The second kappa shape index (κ2) is 4.64. The summed E-state index contributed by atoms with van der Waals surface area (Å²) in [5.41, 5.74) is 0. The number of hydrogen-bond donors (Lipinski definition) is 1. The third kappa shape index (κ3) is 2.43. The van der Waals surface area contributed by atoms with Gasteiger partial charge >= 0.3 is 0 Å². The van der Waals surface area contributed by atoms with E-state index in [1.807, 2.05) is 7.05 Å². The third-order valence-electron chi connectivity index (χ3n) is 2.95. The lowest BCUT2D eigenvalue weighted by atomic mass is 10.3. The van der Waals surface area contributed by atoms with Crippen molar-refractivity contribution in [3.63, 3.8) is 0 Å². The molecule has 1 aliphatic heterocycles. The molecule has 0 bridgehead atoms. The molecule has 5 nitrogen and oxygen atoms in total. The van der Waals surface area contributed by atoms with Gasteiger partial charge in [-0.25, -0.2) is 8.42 Å². The molecule has 0 radical (unpaired) electrons. The highest BCUT2D eigenvalue weighted by Crippen LogP contribution is 2.25. The van der Waals surface area contributed by atoms with E-state index < -0.39 is 10.0 Å². The van der Waals surface area contributed by atoms with Gasteiger partial charge in [-0.15, -0.1) is 0 Å². The van der Waals surface area contributed by atoms with Crippen molar-refractivity contribution in [3.05, 3.63) is 24.3 Å². The van der Waals surface area contributed by atoms with Crippen molar-refractivity contribution in [3.8, 4) is 5.75 Å². The van der Waals surface area contributed by atoms with E-state index in [4.69, 9.17) is 0 Å². The molecule has 0 unspecified atom stereocenters. The monoisotopic (exact) mass is 256 g/mol. The van der Waals surface area contributed by atoms with Gasteiger partial charge < -0.3 is 10.0 Å². The molecular weight excluding hydrogens is 240 g/mol. The normalized spacial score (nSPS) is 19.4. The van der Waals surface area contributed by atoms with Gasteiger partial charge in [0.2, 0.25) is 10.0 Å². The van der Waals surface area contributed by atoms with E-state index in [1.54, 1.807) is 12.1 Å². The summed E-state index contributed by atoms with van der Waals surface area (Å²) in [7, 11) is -1.60. The molecule has 1 N–H and O–H groups in total. The minimum absolute atomic E-state index is 0.00967. The average molecular weight is 256 g/mol. The topological polar surface area (TPSA) is 60.9 Å². The maximum atomic E-state index is 12.3. The lowest BCUT2D eigenvalue weighted by molar-refractivity contribution is 0.222. The fourth-order valence-electron chi connectivity index (χ4n) is 1.84. The zero-order valence-electron chi connectivity index (χ0n) is 9.70.